The van der Waals surface area contributed by atoms with Crippen molar-refractivity contribution in [2.75, 3.05) is 27.2 Å². The molecule has 2 heteroatoms. The van der Waals surface area contributed by atoms with E-state index in [2.05, 4.69) is 23.9 Å². The molecule has 0 spiro atoms. The second kappa shape index (κ2) is 3.55. The molecule has 66 valence electrons. The highest BCUT2D eigenvalue weighted by Crippen LogP contribution is 2.27. The molecule has 2 bridgehead atoms. The summed E-state index contributed by atoms with van der Waals surface area (Å²) in [7, 11) is 4.47. The zero-order chi connectivity index (χ0) is 8.43. The first-order valence-corrected chi connectivity index (χ1v) is 4.68. The first kappa shape index (κ1) is 9.01. The van der Waals surface area contributed by atoms with Gasteiger partial charge < -0.3 is 9.80 Å². The van der Waals surface area contributed by atoms with Gasteiger partial charge in [0.25, 0.3) is 0 Å². The van der Waals surface area contributed by atoms with E-state index in [1.54, 1.807) is 0 Å². The van der Waals surface area contributed by atoms with Crippen LogP contribution >= 0.6 is 0 Å². The summed E-state index contributed by atoms with van der Waals surface area (Å²) in [6, 6.07) is 1.75. The van der Waals surface area contributed by atoms with E-state index in [1.807, 2.05) is 13.8 Å². The maximum absolute atomic E-state index is 2.48. The van der Waals surface area contributed by atoms with Crippen molar-refractivity contribution < 1.29 is 0 Å². The third-order valence-corrected chi connectivity index (χ3v) is 2.79. The third kappa shape index (κ3) is 1.57. The molecule has 0 saturated carbocycles. The first-order valence-electron chi connectivity index (χ1n) is 4.68. The van der Waals surface area contributed by atoms with Crippen LogP contribution in [0.5, 0.6) is 0 Å². The quantitative estimate of drug-likeness (QED) is 0.517. The van der Waals surface area contributed by atoms with Crippen LogP contribution in [-0.4, -0.2) is 49.1 Å². The van der Waals surface area contributed by atoms with E-state index in [0.29, 0.717) is 0 Å². The van der Waals surface area contributed by atoms with Gasteiger partial charge in [0.1, 0.15) is 0 Å². The lowest BCUT2D eigenvalue weighted by atomic mass is 10.2. The fraction of sp³-hybridized carbons (Fsp3) is 1.00. The van der Waals surface area contributed by atoms with Crippen molar-refractivity contribution in [3.05, 3.63) is 0 Å². The molecule has 0 radical (unpaired) electrons. The number of piperazine rings is 1. The molecule has 0 aromatic carbocycles. The predicted molar refractivity (Wildman–Crippen MR) is 48.8 cm³/mol. The van der Waals surface area contributed by atoms with E-state index in [9.17, 15) is 0 Å². The molecule has 11 heavy (non-hydrogen) atoms. The highest BCUT2D eigenvalue weighted by atomic mass is 15.3. The second-order valence-corrected chi connectivity index (χ2v) is 3.42. The Kier molecular flexibility index (Phi) is 2.90. The van der Waals surface area contributed by atoms with Gasteiger partial charge in [0, 0.05) is 25.2 Å². The Morgan fingerprint density at radius 2 is 1.27 bits per heavy atom. The van der Waals surface area contributed by atoms with Crippen LogP contribution in [0.25, 0.3) is 0 Å². The number of hydrogen-bond donors (Lipinski definition) is 0. The van der Waals surface area contributed by atoms with E-state index < -0.39 is 0 Å². The Bertz CT molecular complexity index is 107. The Balaban J connectivity index is 0.000000281. The van der Waals surface area contributed by atoms with Crippen molar-refractivity contribution in [2.24, 2.45) is 0 Å². The molecule has 0 aromatic rings. The van der Waals surface area contributed by atoms with Crippen LogP contribution in [0.15, 0.2) is 0 Å². The second-order valence-electron chi connectivity index (χ2n) is 3.42. The number of nitrogens with zero attached hydrogens (tertiary/aromatic N) is 2. The van der Waals surface area contributed by atoms with Gasteiger partial charge in [-0.3, -0.25) is 0 Å². The van der Waals surface area contributed by atoms with Gasteiger partial charge >= 0.3 is 0 Å². The summed E-state index contributed by atoms with van der Waals surface area (Å²) in [6.07, 6.45) is 1.41. The molecule has 2 nitrogen and oxygen atoms in total. The summed E-state index contributed by atoms with van der Waals surface area (Å²) < 4.78 is 0. The molecule has 2 atom stereocenters. The summed E-state index contributed by atoms with van der Waals surface area (Å²) in [5.41, 5.74) is 0. The molecule has 0 amide bonds. The van der Waals surface area contributed by atoms with Crippen molar-refractivity contribution in [3.63, 3.8) is 0 Å². The molecule has 1 unspecified atom stereocenters. The van der Waals surface area contributed by atoms with Crippen LogP contribution in [0, 0.1) is 0 Å². The maximum Gasteiger partial charge on any atom is 0.0236 e. The van der Waals surface area contributed by atoms with Crippen LogP contribution in [0.2, 0.25) is 0 Å². The minimum atomic E-state index is 0.875. The number of likely N-dealkylation sites (N-methyl/N-ethyl adjacent to an activating group) is 2. The highest BCUT2D eigenvalue weighted by Gasteiger charge is 2.38. The molecule has 2 fully saturated rings. The van der Waals surface area contributed by atoms with E-state index in [-0.39, 0.29) is 0 Å². The fourth-order valence-electron chi connectivity index (χ4n) is 2.06. The van der Waals surface area contributed by atoms with Gasteiger partial charge in [0.05, 0.1) is 0 Å². The van der Waals surface area contributed by atoms with Gasteiger partial charge in [0.15, 0.2) is 0 Å². The molecular formula is C9H20N2. The molecule has 2 aliphatic heterocycles. The van der Waals surface area contributed by atoms with E-state index in [4.69, 9.17) is 0 Å². The van der Waals surface area contributed by atoms with Gasteiger partial charge in [-0.2, -0.15) is 0 Å². The molecule has 2 rings (SSSR count). The van der Waals surface area contributed by atoms with Gasteiger partial charge in [-0.1, -0.05) is 13.8 Å². The molecule has 2 aliphatic rings. The van der Waals surface area contributed by atoms with Gasteiger partial charge in [-0.05, 0) is 20.5 Å². The topological polar surface area (TPSA) is 6.48 Å². The zero-order valence-electron chi connectivity index (χ0n) is 8.17. The van der Waals surface area contributed by atoms with Crippen LogP contribution in [0.4, 0.5) is 0 Å². The lowest BCUT2D eigenvalue weighted by Crippen LogP contribution is -2.42. The lowest BCUT2D eigenvalue weighted by molar-refractivity contribution is 0.176. The molecule has 2 heterocycles. The summed E-state index contributed by atoms with van der Waals surface area (Å²) in [4.78, 5) is 4.95. The minimum absolute atomic E-state index is 0.875. The Morgan fingerprint density at radius 1 is 0.909 bits per heavy atom. The Morgan fingerprint density at radius 3 is 1.45 bits per heavy atom. The fourth-order valence-corrected chi connectivity index (χ4v) is 2.06. The summed E-state index contributed by atoms with van der Waals surface area (Å²) in [6.45, 7) is 6.59. The largest absolute Gasteiger partial charge is 0.301 e. The average molecular weight is 156 g/mol. The minimum Gasteiger partial charge on any atom is -0.301 e. The van der Waals surface area contributed by atoms with Crippen molar-refractivity contribution in [2.45, 2.75) is 32.4 Å². The van der Waals surface area contributed by atoms with Crippen molar-refractivity contribution >= 4 is 0 Å². The van der Waals surface area contributed by atoms with Crippen LogP contribution in [0.1, 0.15) is 20.3 Å². The van der Waals surface area contributed by atoms with Gasteiger partial charge in [-0.25, -0.2) is 0 Å². The SMILES string of the molecule is CC.CN1C[C@H]2CC1CN2C. The number of rotatable bonds is 0. The first-order chi connectivity index (χ1) is 5.27. The smallest absolute Gasteiger partial charge is 0.0236 e. The normalized spacial score (nSPS) is 37.1. The van der Waals surface area contributed by atoms with Crippen LogP contribution in [-0.2, 0) is 0 Å². The van der Waals surface area contributed by atoms with Crippen molar-refractivity contribution in [3.8, 4) is 0 Å². The maximum atomic E-state index is 2.48. The lowest BCUT2D eigenvalue weighted by Gasteiger charge is -2.28. The Labute approximate surface area is 70.2 Å². The van der Waals surface area contributed by atoms with Gasteiger partial charge in [0.2, 0.25) is 0 Å². The number of hydrogen-bond acceptors (Lipinski definition) is 2. The monoisotopic (exact) mass is 156 g/mol. The molecule has 0 aromatic heterocycles. The molecular weight excluding hydrogens is 136 g/mol. The van der Waals surface area contributed by atoms with Crippen LogP contribution < -0.4 is 0 Å². The molecule has 2 saturated heterocycles. The molecule has 0 aliphatic carbocycles. The predicted octanol–water partition coefficient (Wildman–Crippen LogP) is 1.03. The van der Waals surface area contributed by atoms with Crippen molar-refractivity contribution in [1.82, 2.24) is 9.80 Å². The summed E-state index contributed by atoms with van der Waals surface area (Å²) >= 11 is 0. The highest BCUT2D eigenvalue weighted by molar-refractivity contribution is 4.96. The van der Waals surface area contributed by atoms with Gasteiger partial charge in [-0.15, -0.1) is 0 Å². The zero-order valence-corrected chi connectivity index (χ0v) is 8.17. The number of fused-ring (bicyclic) bond motifs is 2. The standard InChI is InChI=1S/C7H14N2.C2H6/c1-8-4-7-3-6(8)5-9(7)2;1-2/h6-7H,3-5H2,1-2H3;1-2H3/t6-,7?;/m1./s1. The van der Waals surface area contributed by atoms with E-state index >= 15 is 0 Å². The summed E-state index contributed by atoms with van der Waals surface area (Å²) in [5, 5.41) is 0. The van der Waals surface area contributed by atoms with Crippen molar-refractivity contribution in [1.29, 1.82) is 0 Å². The third-order valence-electron chi connectivity index (χ3n) is 2.79. The van der Waals surface area contributed by atoms with Crippen LogP contribution in [0.3, 0.4) is 0 Å². The van der Waals surface area contributed by atoms with E-state index in [0.717, 1.165) is 12.1 Å². The van der Waals surface area contributed by atoms with E-state index in [1.165, 1.54) is 19.5 Å². The average Bonchev–Trinajstić information content (AvgIpc) is 2.51. The Hall–Kier alpha value is -0.0800. The number of likely N-dealkylation sites (tertiary alicyclic amines) is 2. The summed E-state index contributed by atoms with van der Waals surface area (Å²) in [5.74, 6) is 0. The molecule has 0 N–H and O–H groups in total.